The van der Waals surface area contributed by atoms with E-state index in [1.165, 1.54) is 6.92 Å². The van der Waals surface area contributed by atoms with E-state index in [1.54, 1.807) is 4.90 Å². The van der Waals surface area contributed by atoms with Gasteiger partial charge in [-0.15, -0.1) is 0 Å². The summed E-state index contributed by atoms with van der Waals surface area (Å²) in [6.07, 6.45) is 1.43. The summed E-state index contributed by atoms with van der Waals surface area (Å²) in [5.74, 6) is 1.44. The van der Waals surface area contributed by atoms with Crippen LogP contribution in [0, 0.1) is 20.8 Å². The number of nitrogens with zero attached hydrogens (tertiary/aromatic N) is 2. The molecular formula is C19H27N3O3S. The minimum absolute atomic E-state index is 0.327. The van der Waals surface area contributed by atoms with E-state index in [0.29, 0.717) is 23.1 Å². The molecule has 6 nitrogen and oxygen atoms in total. The lowest BCUT2D eigenvalue weighted by Crippen LogP contribution is -2.44. The molecule has 0 spiro atoms. The molecule has 1 aliphatic rings. The number of carbonyl (C=O) groups excluding carboxylic acids is 1. The summed E-state index contributed by atoms with van der Waals surface area (Å²) >= 11 is 5.52. The highest BCUT2D eigenvalue weighted by atomic mass is 32.1. The first-order valence-electron chi connectivity index (χ1n) is 8.54. The van der Waals surface area contributed by atoms with Gasteiger partial charge in [-0.3, -0.25) is 4.79 Å². The number of thiocarbonyl (C=S) groups is 1. The van der Waals surface area contributed by atoms with E-state index in [2.05, 4.69) is 4.99 Å². The Kier molecular flexibility index (Phi) is 5.61. The van der Waals surface area contributed by atoms with Crippen molar-refractivity contribution in [1.29, 1.82) is 0 Å². The van der Waals surface area contributed by atoms with Gasteiger partial charge in [0.1, 0.15) is 11.5 Å². The monoisotopic (exact) mass is 377 g/mol. The fourth-order valence-electron chi connectivity index (χ4n) is 3.00. The molecule has 0 aliphatic carbocycles. The van der Waals surface area contributed by atoms with E-state index in [4.69, 9.17) is 27.4 Å². The van der Waals surface area contributed by atoms with E-state index >= 15 is 0 Å². The molecule has 0 saturated carbocycles. The van der Waals surface area contributed by atoms with Gasteiger partial charge in [-0.05, 0) is 57.2 Å². The van der Waals surface area contributed by atoms with E-state index in [1.807, 2.05) is 41.8 Å². The lowest BCUT2D eigenvalue weighted by atomic mass is 9.87. The summed E-state index contributed by atoms with van der Waals surface area (Å²) < 4.78 is 11.8. The molecule has 1 unspecified atom stereocenters. The lowest BCUT2D eigenvalue weighted by molar-refractivity contribution is -0.132. The summed E-state index contributed by atoms with van der Waals surface area (Å²) in [7, 11) is 3.63. The van der Waals surface area contributed by atoms with Crippen molar-refractivity contribution < 1.29 is 14.3 Å². The van der Waals surface area contributed by atoms with E-state index in [9.17, 15) is 4.79 Å². The van der Waals surface area contributed by atoms with Gasteiger partial charge in [0.25, 0.3) is 0 Å². The standard InChI is InChI=1S/C19H27N3O3S/c1-10-11(2)16-14(12(3)15(10)24-13(4)23)8-9-19(5,25-16)17(26)21-18(20)22(6)7/h8-9H2,1-7H3,(H2,20,21,26). The normalized spacial score (nSPS) is 19.4. The summed E-state index contributed by atoms with van der Waals surface area (Å²) in [5.41, 5.74) is 9.01. The average molecular weight is 378 g/mol. The number of carbonyl (C=O) groups is 1. The fourth-order valence-corrected chi connectivity index (χ4v) is 3.24. The molecule has 0 saturated heterocycles. The van der Waals surface area contributed by atoms with Crippen LogP contribution in [0.25, 0.3) is 0 Å². The maximum absolute atomic E-state index is 11.4. The number of aliphatic imine (C=N–C) groups is 1. The van der Waals surface area contributed by atoms with Crippen LogP contribution >= 0.6 is 12.2 Å². The minimum Gasteiger partial charge on any atom is -0.480 e. The third-order valence-electron chi connectivity index (χ3n) is 4.86. The predicted molar refractivity (Wildman–Crippen MR) is 107 cm³/mol. The van der Waals surface area contributed by atoms with Crippen molar-refractivity contribution in [2.75, 3.05) is 14.1 Å². The molecule has 26 heavy (non-hydrogen) atoms. The van der Waals surface area contributed by atoms with Crippen LogP contribution in [-0.4, -0.2) is 41.5 Å². The molecule has 1 aliphatic heterocycles. The number of guanidine groups is 1. The molecular weight excluding hydrogens is 350 g/mol. The first-order chi connectivity index (χ1) is 12.0. The summed E-state index contributed by atoms with van der Waals surface area (Å²) in [4.78, 5) is 17.9. The zero-order valence-corrected chi connectivity index (χ0v) is 17.3. The first-order valence-corrected chi connectivity index (χ1v) is 8.94. The van der Waals surface area contributed by atoms with Crippen LogP contribution < -0.4 is 15.2 Å². The van der Waals surface area contributed by atoms with Gasteiger partial charge >= 0.3 is 5.97 Å². The first kappa shape index (κ1) is 20.2. The lowest BCUT2D eigenvalue weighted by Gasteiger charge is -2.37. The van der Waals surface area contributed by atoms with E-state index < -0.39 is 5.60 Å². The Hall–Kier alpha value is -2.15. The van der Waals surface area contributed by atoms with Gasteiger partial charge in [0, 0.05) is 26.6 Å². The number of hydrogen-bond acceptors (Lipinski definition) is 4. The molecule has 1 aromatic carbocycles. The molecule has 0 radical (unpaired) electrons. The van der Waals surface area contributed by atoms with Gasteiger partial charge in [-0.1, -0.05) is 12.2 Å². The zero-order valence-electron chi connectivity index (χ0n) is 16.5. The zero-order chi connectivity index (χ0) is 19.8. The quantitative estimate of drug-likeness (QED) is 0.281. The van der Waals surface area contributed by atoms with Gasteiger partial charge in [-0.2, -0.15) is 0 Å². The van der Waals surface area contributed by atoms with Gasteiger partial charge in [-0.25, -0.2) is 4.99 Å². The number of esters is 1. The molecule has 2 rings (SSSR count). The molecule has 0 bridgehead atoms. The van der Waals surface area contributed by atoms with Crippen LogP contribution in [0.2, 0.25) is 0 Å². The van der Waals surface area contributed by atoms with Crippen LogP contribution in [0.4, 0.5) is 0 Å². The van der Waals surface area contributed by atoms with Crippen molar-refractivity contribution >= 4 is 29.1 Å². The largest absolute Gasteiger partial charge is 0.480 e. The Morgan fingerprint density at radius 1 is 1.27 bits per heavy atom. The molecule has 2 N–H and O–H groups in total. The maximum atomic E-state index is 11.4. The van der Waals surface area contributed by atoms with Gasteiger partial charge < -0.3 is 20.1 Å². The number of nitrogens with two attached hydrogens (primary N) is 1. The molecule has 1 heterocycles. The number of benzene rings is 1. The van der Waals surface area contributed by atoms with Crippen molar-refractivity contribution in [3.63, 3.8) is 0 Å². The SMILES string of the molecule is CC(=O)Oc1c(C)c(C)c2c(c1C)CCC(C)(C(=S)N=C(N)N(C)C)O2. The summed E-state index contributed by atoms with van der Waals surface area (Å²) in [6, 6.07) is 0. The molecule has 0 amide bonds. The van der Waals surface area contributed by atoms with Gasteiger partial charge in [0.2, 0.25) is 0 Å². The minimum atomic E-state index is -0.713. The van der Waals surface area contributed by atoms with E-state index in [0.717, 1.165) is 34.4 Å². The highest BCUT2D eigenvalue weighted by molar-refractivity contribution is 7.80. The Bertz CT molecular complexity index is 802. The van der Waals surface area contributed by atoms with Gasteiger partial charge in [0.15, 0.2) is 16.5 Å². The van der Waals surface area contributed by atoms with Crippen LogP contribution in [0.1, 0.15) is 42.5 Å². The highest BCUT2D eigenvalue weighted by Crippen LogP contribution is 2.44. The molecule has 0 aromatic heterocycles. The second-order valence-corrected chi connectivity index (χ2v) is 7.49. The van der Waals surface area contributed by atoms with Crippen LogP contribution in [0.3, 0.4) is 0 Å². The second kappa shape index (κ2) is 7.23. The topological polar surface area (TPSA) is 77.1 Å². The van der Waals surface area contributed by atoms with Gasteiger partial charge in [0.05, 0.1) is 0 Å². The number of rotatable bonds is 2. The molecule has 1 aromatic rings. The third-order valence-corrected chi connectivity index (χ3v) is 5.39. The van der Waals surface area contributed by atoms with Crippen LogP contribution in [0.15, 0.2) is 4.99 Å². The fraction of sp³-hybridized carbons (Fsp3) is 0.526. The predicted octanol–water partition coefficient (Wildman–Crippen LogP) is 2.82. The van der Waals surface area contributed by atoms with E-state index in [-0.39, 0.29) is 5.97 Å². The highest BCUT2D eigenvalue weighted by Gasteiger charge is 2.38. The summed E-state index contributed by atoms with van der Waals surface area (Å²) in [5, 5.41) is 0. The smallest absolute Gasteiger partial charge is 0.308 e. The molecule has 0 fully saturated rings. The van der Waals surface area contributed by atoms with Crippen LogP contribution in [0.5, 0.6) is 11.5 Å². The number of hydrogen-bond donors (Lipinski definition) is 1. The van der Waals surface area contributed by atoms with Crippen molar-refractivity contribution in [2.45, 2.75) is 53.1 Å². The van der Waals surface area contributed by atoms with Crippen molar-refractivity contribution in [3.8, 4) is 11.5 Å². The molecule has 7 heteroatoms. The Morgan fingerprint density at radius 2 is 1.88 bits per heavy atom. The third kappa shape index (κ3) is 3.67. The van der Waals surface area contributed by atoms with Crippen molar-refractivity contribution in [1.82, 2.24) is 4.90 Å². The Labute approximate surface area is 160 Å². The number of fused-ring (bicyclic) bond motifs is 1. The van der Waals surface area contributed by atoms with Crippen LogP contribution in [-0.2, 0) is 11.2 Å². The average Bonchev–Trinajstić information content (AvgIpc) is 2.56. The Balaban J connectivity index is 2.47. The Morgan fingerprint density at radius 3 is 2.42 bits per heavy atom. The second-order valence-electron chi connectivity index (χ2n) is 7.11. The maximum Gasteiger partial charge on any atom is 0.308 e. The van der Waals surface area contributed by atoms with Crippen molar-refractivity contribution in [3.05, 3.63) is 22.3 Å². The molecule has 1 atom stereocenters. The number of ether oxygens (including phenoxy) is 2. The molecule has 142 valence electrons. The van der Waals surface area contributed by atoms with Crippen molar-refractivity contribution in [2.24, 2.45) is 10.7 Å². The summed E-state index contributed by atoms with van der Waals surface area (Å²) in [6.45, 7) is 9.20.